The topological polar surface area (TPSA) is 80.4 Å². The Morgan fingerprint density at radius 1 is 1.23 bits per heavy atom. The fourth-order valence-electron chi connectivity index (χ4n) is 3.73. The Kier molecular flexibility index (Phi) is 6.72. The molecule has 1 fully saturated rings. The maximum Gasteiger partial charge on any atom is 0.319 e. The van der Waals surface area contributed by atoms with Crippen LogP contribution in [0.25, 0.3) is 10.9 Å². The van der Waals surface area contributed by atoms with Crippen LogP contribution in [0, 0.1) is 0 Å². The van der Waals surface area contributed by atoms with Crippen molar-refractivity contribution in [3.8, 4) is 0 Å². The van der Waals surface area contributed by atoms with E-state index in [1.54, 1.807) is 6.07 Å². The van der Waals surface area contributed by atoms with E-state index in [1.165, 1.54) is 0 Å². The van der Waals surface area contributed by atoms with Crippen molar-refractivity contribution in [2.45, 2.75) is 12.5 Å². The normalized spacial score (nSPS) is 15.2. The second kappa shape index (κ2) is 9.64. The number of fused-ring (bicyclic) bond motifs is 1. The molecule has 0 aliphatic carbocycles. The van der Waals surface area contributed by atoms with E-state index in [1.807, 2.05) is 54.4 Å². The molecule has 2 aromatic carbocycles. The quantitative estimate of drug-likeness (QED) is 0.461. The van der Waals surface area contributed by atoms with Gasteiger partial charge in [-0.3, -0.25) is 0 Å². The minimum atomic E-state index is -0.398. The van der Waals surface area contributed by atoms with Crippen molar-refractivity contribution >= 4 is 51.7 Å². The summed E-state index contributed by atoms with van der Waals surface area (Å²) in [6.45, 7) is 1.80. The number of urea groups is 1. The van der Waals surface area contributed by atoms with Crippen LogP contribution >= 0.6 is 23.4 Å². The first kappa shape index (κ1) is 20.9. The van der Waals surface area contributed by atoms with Crippen LogP contribution in [-0.4, -0.2) is 53.4 Å². The van der Waals surface area contributed by atoms with Gasteiger partial charge in [0, 0.05) is 47.4 Å². The van der Waals surface area contributed by atoms with Gasteiger partial charge in [0.25, 0.3) is 0 Å². The van der Waals surface area contributed by atoms with Gasteiger partial charge in [-0.05, 0) is 36.2 Å². The molecule has 4 N–H and O–H groups in total. The number of hydrogen-bond acceptors (Lipinski definition) is 4. The Balaban J connectivity index is 1.37. The number of aromatic nitrogens is 1. The molecule has 1 aliphatic rings. The van der Waals surface area contributed by atoms with Gasteiger partial charge in [0.05, 0.1) is 23.4 Å². The molecule has 0 saturated carbocycles. The summed E-state index contributed by atoms with van der Waals surface area (Å²) in [5.41, 5.74) is 3.71. The highest BCUT2D eigenvalue weighted by Crippen LogP contribution is 2.30. The van der Waals surface area contributed by atoms with Crippen molar-refractivity contribution in [2.75, 3.05) is 41.4 Å². The monoisotopic (exact) mass is 444 g/mol. The molecule has 1 atom stereocenters. The smallest absolute Gasteiger partial charge is 0.319 e. The standard InChI is InChI=1S/C22H25ClN4O2S/c23-19-12-16(5-6-21(19)27-7-9-30-10-8-27)25-22(29)26-17(14-28)11-15-13-24-20-4-2-1-3-18(15)20/h1-6,12-13,17,24,28H,7-11,14H2,(H2,25,26,29). The number of nitrogens with one attached hydrogen (secondary N) is 3. The molecular formula is C22H25ClN4O2S. The van der Waals surface area contributed by atoms with Gasteiger partial charge in [0.1, 0.15) is 0 Å². The van der Waals surface area contributed by atoms with Crippen LogP contribution in [0.1, 0.15) is 5.56 Å². The van der Waals surface area contributed by atoms with Gasteiger partial charge in [0.2, 0.25) is 0 Å². The second-order valence-electron chi connectivity index (χ2n) is 7.31. The maximum absolute atomic E-state index is 12.5. The average Bonchev–Trinajstić information content (AvgIpc) is 3.17. The molecule has 1 aromatic heterocycles. The van der Waals surface area contributed by atoms with Gasteiger partial charge in [0.15, 0.2) is 0 Å². The molecule has 6 nitrogen and oxygen atoms in total. The molecule has 4 rings (SSSR count). The van der Waals surface area contributed by atoms with E-state index in [0.717, 1.165) is 46.7 Å². The molecule has 0 bridgehead atoms. The first-order valence-electron chi connectivity index (χ1n) is 9.99. The number of halogens is 1. The Labute approximate surface area is 185 Å². The second-order valence-corrected chi connectivity index (χ2v) is 8.94. The van der Waals surface area contributed by atoms with Crippen LogP contribution in [0.5, 0.6) is 0 Å². The van der Waals surface area contributed by atoms with E-state index in [2.05, 4.69) is 20.5 Å². The predicted molar refractivity (Wildman–Crippen MR) is 126 cm³/mol. The van der Waals surface area contributed by atoms with Crippen molar-refractivity contribution in [3.05, 3.63) is 59.2 Å². The fraction of sp³-hybridized carbons (Fsp3) is 0.318. The van der Waals surface area contributed by atoms with Crippen molar-refractivity contribution < 1.29 is 9.90 Å². The van der Waals surface area contributed by atoms with Crippen molar-refractivity contribution in [2.24, 2.45) is 0 Å². The predicted octanol–water partition coefficient (Wildman–Crippen LogP) is 4.10. The number of rotatable bonds is 6. The lowest BCUT2D eigenvalue weighted by Gasteiger charge is -2.29. The van der Waals surface area contributed by atoms with E-state index in [4.69, 9.17) is 11.6 Å². The molecule has 1 aliphatic heterocycles. The van der Waals surface area contributed by atoms with Crippen LogP contribution in [0.4, 0.5) is 16.2 Å². The number of aromatic amines is 1. The van der Waals surface area contributed by atoms with E-state index in [-0.39, 0.29) is 12.6 Å². The SMILES string of the molecule is O=C(Nc1ccc(N2CCSCC2)c(Cl)c1)NC(CO)Cc1c[nH]c2ccccc12. The summed E-state index contributed by atoms with van der Waals surface area (Å²) in [6, 6.07) is 12.8. The van der Waals surface area contributed by atoms with E-state index >= 15 is 0 Å². The largest absolute Gasteiger partial charge is 0.394 e. The van der Waals surface area contributed by atoms with Crippen molar-refractivity contribution in [3.63, 3.8) is 0 Å². The number of para-hydroxylation sites is 1. The molecule has 1 unspecified atom stereocenters. The molecule has 0 spiro atoms. The number of benzene rings is 2. The Morgan fingerprint density at radius 2 is 2.03 bits per heavy atom. The Morgan fingerprint density at radius 3 is 2.80 bits per heavy atom. The average molecular weight is 445 g/mol. The summed E-state index contributed by atoms with van der Waals surface area (Å²) in [4.78, 5) is 18.0. The lowest BCUT2D eigenvalue weighted by molar-refractivity contribution is 0.224. The third kappa shape index (κ3) is 4.86. The summed E-state index contributed by atoms with van der Waals surface area (Å²) < 4.78 is 0. The molecule has 8 heteroatoms. The minimum Gasteiger partial charge on any atom is -0.394 e. The highest BCUT2D eigenvalue weighted by molar-refractivity contribution is 7.99. The summed E-state index contributed by atoms with van der Waals surface area (Å²) in [5.74, 6) is 2.19. The first-order valence-corrected chi connectivity index (χ1v) is 11.5. The lowest BCUT2D eigenvalue weighted by Crippen LogP contribution is -2.41. The highest BCUT2D eigenvalue weighted by Gasteiger charge is 2.17. The third-order valence-corrected chi connectivity index (χ3v) is 6.50. The highest BCUT2D eigenvalue weighted by atomic mass is 35.5. The summed E-state index contributed by atoms with van der Waals surface area (Å²) in [6.07, 6.45) is 2.45. The van der Waals surface area contributed by atoms with Gasteiger partial charge < -0.3 is 25.6 Å². The number of hydrogen-bond donors (Lipinski definition) is 4. The number of aliphatic hydroxyl groups is 1. The van der Waals surface area contributed by atoms with Crippen LogP contribution in [-0.2, 0) is 6.42 Å². The van der Waals surface area contributed by atoms with Gasteiger partial charge in [-0.1, -0.05) is 29.8 Å². The number of H-pyrrole nitrogens is 1. The zero-order chi connectivity index (χ0) is 20.9. The van der Waals surface area contributed by atoms with Gasteiger partial charge in [-0.2, -0.15) is 11.8 Å². The zero-order valence-electron chi connectivity index (χ0n) is 16.5. The minimum absolute atomic E-state index is 0.153. The van der Waals surface area contributed by atoms with Gasteiger partial charge in [-0.15, -0.1) is 0 Å². The number of thioether (sulfide) groups is 1. The van der Waals surface area contributed by atoms with Crippen LogP contribution < -0.4 is 15.5 Å². The summed E-state index contributed by atoms with van der Waals surface area (Å²) >= 11 is 8.41. The fourth-order valence-corrected chi connectivity index (χ4v) is 4.93. The number of aliphatic hydroxyl groups excluding tert-OH is 1. The summed E-state index contributed by atoms with van der Waals surface area (Å²) in [7, 11) is 0. The molecule has 2 amide bonds. The molecule has 1 saturated heterocycles. The van der Waals surface area contributed by atoms with Crippen LogP contribution in [0.15, 0.2) is 48.7 Å². The Bertz CT molecular complexity index is 1020. The Hall–Kier alpha value is -2.35. The van der Waals surface area contributed by atoms with Crippen LogP contribution in [0.3, 0.4) is 0 Å². The first-order chi connectivity index (χ1) is 14.6. The third-order valence-electron chi connectivity index (χ3n) is 5.25. The van der Waals surface area contributed by atoms with E-state index in [9.17, 15) is 9.90 Å². The van der Waals surface area contributed by atoms with Crippen molar-refractivity contribution in [1.29, 1.82) is 0 Å². The molecule has 3 aromatic rings. The lowest BCUT2D eigenvalue weighted by atomic mass is 10.1. The number of carbonyl (C=O) groups is 1. The molecular weight excluding hydrogens is 420 g/mol. The summed E-state index contributed by atoms with van der Waals surface area (Å²) in [5, 5.41) is 17.1. The number of nitrogens with zero attached hydrogens (tertiary/aromatic N) is 1. The molecule has 2 heterocycles. The number of anilines is 2. The molecule has 30 heavy (non-hydrogen) atoms. The maximum atomic E-state index is 12.5. The van der Waals surface area contributed by atoms with Crippen LogP contribution in [0.2, 0.25) is 5.02 Å². The number of carbonyl (C=O) groups excluding carboxylic acids is 1. The van der Waals surface area contributed by atoms with Gasteiger partial charge in [-0.25, -0.2) is 4.79 Å². The van der Waals surface area contributed by atoms with E-state index in [0.29, 0.717) is 17.1 Å². The van der Waals surface area contributed by atoms with E-state index < -0.39 is 6.04 Å². The van der Waals surface area contributed by atoms with Crippen molar-refractivity contribution in [1.82, 2.24) is 10.3 Å². The number of amides is 2. The van der Waals surface area contributed by atoms with Gasteiger partial charge >= 0.3 is 6.03 Å². The molecule has 158 valence electrons. The zero-order valence-corrected chi connectivity index (χ0v) is 18.1. The molecule has 0 radical (unpaired) electrons.